The first-order valence-electron chi connectivity index (χ1n) is 6.09. The zero-order chi connectivity index (χ0) is 12.1. The number of hydrogen-bond donors (Lipinski definition) is 1. The van der Waals surface area contributed by atoms with Gasteiger partial charge in [-0.25, -0.2) is 0 Å². The molecule has 1 aliphatic heterocycles. The normalized spacial score (nSPS) is 17.4. The Morgan fingerprint density at radius 3 is 3.00 bits per heavy atom. The summed E-state index contributed by atoms with van der Waals surface area (Å²) in [6.45, 7) is 3.98. The van der Waals surface area contributed by atoms with Gasteiger partial charge in [0.2, 0.25) is 0 Å². The van der Waals surface area contributed by atoms with Crippen molar-refractivity contribution in [2.75, 3.05) is 13.2 Å². The maximum Gasteiger partial charge on any atom is 0.174 e. The van der Waals surface area contributed by atoms with Crippen LogP contribution in [0.4, 0.5) is 0 Å². The van der Waals surface area contributed by atoms with Crippen LogP contribution in [0.25, 0.3) is 0 Å². The Balaban J connectivity index is 2.18. The highest BCUT2D eigenvalue weighted by Crippen LogP contribution is 2.32. The first kappa shape index (κ1) is 12.7. The van der Waals surface area contributed by atoms with Crippen LogP contribution in [0.3, 0.4) is 0 Å². The van der Waals surface area contributed by atoms with E-state index in [0.717, 1.165) is 42.6 Å². The topological polar surface area (TPSA) is 34.4 Å². The first-order chi connectivity index (χ1) is 8.33. The van der Waals surface area contributed by atoms with E-state index in [0.29, 0.717) is 0 Å². The summed E-state index contributed by atoms with van der Waals surface area (Å²) in [6.07, 6.45) is 6.89. The molecular weight excluding hydrogens is 282 g/mol. The molecule has 2 rings (SSSR count). The van der Waals surface area contributed by atoms with Gasteiger partial charge in [-0.1, -0.05) is 6.92 Å². The Bertz CT molecular complexity index is 387. The van der Waals surface area contributed by atoms with Crippen molar-refractivity contribution in [1.82, 2.24) is 5.32 Å². The SMILES string of the molecule is CCCNC(C1=COCCC1)c1ccoc1Br. The smallest absolute Gasteiger partial charge is 0.174 e. The molecule has 17 heavy (non-hydrogen) atoms. The third-order valence-corrected chi connectivity index (χ3v) is 3.53. The number of halogens is 1. The molecule has 0 aliphatic carbocycles. The summed E-state index contributed by atoms with van der Waals surface area (Å²) in [5.41, 5.74) is 2.45. The fourth-order valence-electron chi connectivity index (χ4n) is 2.04. The predicted molar refractivity (Wildman–Crippen MR) is 70.7 cm³/mol. The van der Waals surface area contributed by atoms with Crippen molar-refractivity contribution in [3.63, 3.8) is 0 Å². The summed E-state index contributed by atoms with van der Waals surface area (Å²) in [5, 5.41) is 3.54. The molecule has 1 unspecified atom stereocenters. The maximum atomic E-state index is 5.43. The molecule has 94 valence electrons. The van der Waals surface area contributed by atoms with Gasteiger partial charge < -0.3 is 14.5 Å². The van der Waals surface area contributed by atoms with Gasteiger partial charge in [0.15, 0.2) is 4.67 Å². The minimum absolute atomic E-state index is 0.198. The van der Waals surface area contributed by atoms with Gasteiger partial charge in [-0.05, 0) is 53.4 Å². The zero-order valence-corrected chi connectivity index (χ0v) is 11.6. The highest BCUT2D eigenvalue weighted by atomic mass is 79.9. The molecule has 0 aromatic carbocycles. The third-order valence-electron chi connectivity index (χ3n) is 2.89. The summed E-state index contributed by atoms with van der Waals surface area (Å²) < 4.78 is 11.6. The van der Waals surface area contributed by atoms with E-state index in [1.165, 1.54) is 5.57 Å². The minimum Gasteiger partial charge on any atom is -0.501 e. The van der Waals surface area contributed by atoms with Crippen LogP contribution in [0.5, 0.6) is 0 Å². The van der Waals surface area contributed by atoms with E-state index in [-0.39, 0.29) is 6.04 Å². The zero-order valence-electron chi connectivity index (χ0n) is 10.0. The molecule has 0 amide bonds. The number of rotatable bonds is 5. The molecule has 0 fully saturated rings. The molecule has 0 spiro atoms. The second-order valence-electron chi connectivity index (χ2n) is 4.20. The summed E-state index contributed by atoms with van der Waals surface area (Å²) >= 11 is 3.45. The maximum absolute atomic E-state index is 5.43. The molecule has 1 aromatic heterocycles. The Hall–Kier alpha value is -0.740. The van der Waals surface area contributed by atoms with Crippen molar-refractivity contribution in [3.05, 3.63) is 34.4 Å². The second-order valence-corrected chi connectivity index (χ2v) is 4.92. The largest absolute Gasteiger partial charge is 0.501 e. The summed E-state index contributed by atoms with van der Waals surface area (Å²) in [5.74, 6) is 0. The summed E-state index contributed by atoms with van der Waals surface area (Å²) in [7, 11) is 0. The Labute approximate surface area is 110 Å². The van der Waals surface area contributed by atoms with Gasteiger partial charge in [-0.15, -0.1) is 0 Å². The van der Waals surface area contributed by atoms with Gasteiger partial charge in [0.25, 0.3) is 0 Å². The highest BCUT2D eigenvalue weighted by Gasteiger charge is 2.22. The molecule has 1 aliphatic rings. The quantitative estimate of drug-likeness (QED) is 0.898. The molecule has 2 heterocycles. The van der Waals surface area contributed by atoms with Gasteiger partial charge in [0.1, 0.15) is 0 Å². The van der Waals surface area contributed by atoms with E-state index in [4.69, 9.17) is 9.15 Å². The van der Waals surface area contributed by atoms with Gasteiger partial charge in [-0.3, -0.25) is 0 Å². The molecule has 0 bridgehead atoms. The molecule has 0 radical (unpaired) electrons. The van der Waals surface area contributed by atoms with E-state index >= 15 is 0 Å². The molecule has 4 heteroatoms. The second kappa shape index (κ2) is 6.26. The number of nitrogens with one attached hydrogen (secondary N) is 1. The molecule has 0 saturated heterocycles. The van der Waals surface area contributed by atoms with Gasteiger partial charge in [-0.2, -0.15) is 0 Å². The van der Waals surface area contributed by atoms with Crippen molar-refractivity contribution >= 4 is 15.9 Å². The lowest BCUT2D eigenvalue weighted by Crippen LogP contribution is -2.25. The monoisotopic (exact) mass is 299 g/mol. The van der Waals surface area contributed by atoms with Crippen molar-refractivity contribution in [2.45, 2.75) is 32.2 Å². The molecule has 1 N–H and O–H groups in total. The van der Waals surface area contributed by atoms with Crippen molar-refractivity contribution in [1.29, 1.82) is 0 Å². The van der Waals surface area contributed by atoms with Gasteiger partial charge in [0, 0.05) is 5.56 Å². The van der Waals surface area contributed by atoms with Crippen LogP contribution in [0.15, 0.2) is 33.3 Å². The predicted octanol–water partition coefficient (Wildman–Crippen LogP) is 3.78. The number of hydrogen-bond acceptors (Lipinski definition) is 3. The molecule has 0 saturated carbocycles. The van der Waals surface area contributed by atoms with Crippen molar-refractivity contribution < 1.29 is 9.15 Å². The van der Waals surface area contributed by atoms with Crippen LogP contribution in [-0.2, 0) is 4.74 Å². The lowest BCUT2D eigenvalue weighted by Gasteiger charge is -2.23. The average molecular weight is 300 g/mol. The van der Waals surface area contributed by atoms with Crippen LogP contribution in [0.2, 0.25) is 0 Å². The Morgan fingerprint density at radius 1 is 1.53 bits per heavy atom. The lowest BCUT2D eigenvalue weighted by atomic mass is 9.97. The Kier molecular flexibility index (Phi) is 4.68. The van der Waals surface area contributed by atoms with E-state index in [1.54, 1.807) is 6.26 Å². The summed E-state index contributed by atoms with van der Waals surface area (Å²) in [4.78, 5) is 0. The van der Waals surface area contributed by atoms with Gasteiger partial charge >= 0.3 is 0 Å². The van der Waals surface area contributed by atoms with E-state index in [1.807, 2.05) is 12.3 Å². The minimum atomic E-state index is 0.198. The van der Waals surface area contributed by atoms with Crippen LogP contribution < -0.4 is 5.32 Å². The summed E-state index contributed by atoms with van der Waals surface area (Å²) in [6, 6.07) is 2.20. The lowest BCUT2D eigenvalue weighted by molar-refractivity contribution is 0.219. The molecule has 1 atom stereocenters. The average Bonchev–Trinajstić information content (AvgIpc) is 2.78. The fraction of sp³-hybridized carbons (Fsp3) is 0.538. The highest BCUT2D eigenvalue weighted by molar-refractivity contribution is 9.10. The molecule has 3 nitrogen and oxygen atoms in total. The van der Waals surface area contributed by atoms with E-state index in [2.05, 4.69) is 28.2 Å². The van der Waals surface area contributed by atoms with Crippen LogP contribution in [0.1, 0.15) is 37.8 Å². The van der Waals surface area contributed by atoms with E-state index in [9.17, 15) is 0 Å². The standard InChI is InChI=1S/C13H18BrNO2/c1-2-6-15-12(10-4-3-7-16-9-10)11-5-8-17-13(11)14/h5,8-9,12,15H,2-4,6-7H2,1H3. The Morgan fingerprint density at radius 2 is 2.41 bits per heavy atom. The first-order valence-corrected chi connectivity index (χ1v) is 6.89. The van der Waals surface area contributed by atoms with Crippen LogP contribution in [0, 0.1) is 0 Å². The van der Waals surface area contributed by atoms with Gasteiger partial charge in [0.05, 0.1) is 25.2 Å². The number of furan rings is 1. The van der Waals surface area contributed by atoms with Crippen molar-refractivity contribution in [3.8, 4) is 0 Å². The fourth-order valence-corrected chi connectivity index (χ4v) is 2.51. The van der Waals surface area contributed by atoms with Crippen LogP contribution >= 0.6 is 15.9 Å². The third kappa shape index (κ3) is 3.13. The van der Waals surface area contributed by atoms with Crippen molar-refractivity contribution in [2.24, 2.45) is 0 Å². The van der Waals surface area contributed by atoms with Crippen LogP contribution in [-0.4, -0.2) is 13.2 Å². The molecule has 1 aromatic rings. The number of ether oxygens (including phenoxy) is 1. The van der Waals surface area contributed by atoms with E-state index < -0.39 is 0 Å². The molecular formula is C13H18BrNO2.